The van der Waals surface area contributed by atoms with E-state index >= 15 is 0 Å². The number of piperazine rings is 1. The molecule has 1 aromatic carbocycles. The van der Waals surface area contributed by atoms with E-state index in [1.807, 2.05) is 6.92 Å². The highest BCUT2D eigenvalue weighted by Gasteiger charge is 2.28. The van der Waals surface area contributed by atoms with Gasteiger partial charge in [0.05, 0.1) is 5.75 Å². The number of fused-ring (bicyclic) bond motifs is 1. The molecule has 1 aliphatic rings. The van der Waals surface area contributed by atoms with Gasteiger partial charge in [-0.2, -0.15) is 4.31 Å². The van der Waals surface area contributed by atoms with Gasteiger partial charge in [-0.05, 0) is 24.6 Å². The van der Waals surface area contributed by atoms with E-state index in [4.69, 9.17) is 4.42 Å². The van der Waals surface area contributed by atoms with Gasteiger partial charge in [0.25, 0.3) is 5.91 Å². The van der Waals surface area contributed by atoms with E-state index in [1.165, 1.54) is 10.7 Å². The molecule has 2 aromatic rings. The van der Waals surface area contributed by atoms with Crippen molar-refractivity contribution in [3.05, 3.63) is 30.2 Å². The Morgan fingerprint density at radius 2 is 2.00 bits per heavy atom. The molecule has 0 aliphatic carbocycles. The summed E-state index contributed by atoms with van der Waals surface area (Å²) in [4.78, 5) is 18.2. The topological polar surface area (TPSA) is 83.7 Å². The molecule has 7 nitrogen and oxygen atoms in total. The van der Waals surface area contributed by atoms with Gasteiger partial charge in [-0.1, -0.05) is 6.92 Å². The summed E-state index contributed by atoms with van der Waals surface area (Å²) in [6.45, 7) is 3.33. The van der Waals surface area contributed by atoms with E-state index in [0.29, 0.717) is 49.3 Å². The molecule has 1 aliphatic heterocycles. The molecule has 0 radical (unpaired) electrons. The van der Waals surface area contributed by atoms with Crippen molar-refractivity contribution in [1.29, 1.82) is 0 Å². The summed E-state index contributed by atoms with van der Waals surface area (Å²) in [6, 6.07) is 5.13. The van der Waals surface area contributed by atoms with Gasteiger partial charge in [0.15, 0.2) is 12.0 Å². The Balaban J connectivity index is 1.68. The van der Waals surface area contributed by atoms with E-state index in [9.17, 15) is 13.2 Å². The fraction of sp³-hybridized carbons (Fsp3) is 0.467. The van der Waals surface area contributed by atoms with Crippen molar-refractivity contribution in [2.45, 2.75) is 13.3 Å². The number of hydrogen-bond donors (Lipinski definition) is 0. The second-order valence-corrected chi connectivity index (χ2v) is 7.63. The summed E-state index contributed by atoms with van der Waals surface area (Å²) >= 11 is 0. The van der Waals surface area contributed by atoms with Crippen LogP contribution in [0.2, 0.25) is 0 Å². The van der Waals surface area contributed by atoms with Gasteiger partial charge in [0.2, 0.25) is 10.0 Å². The van der Waals surface area contributed by atoms with Crippen LogP contribution < -0.4 is 0 Å². The lowest BCUT2D eigenvalue weighted by molar-refractivity contribution is 0.0698. The summed E-state index contributed by atoms with van der Waals surface area (Å²) in [5.41, 5.74) is 1.80. The van der Waals surface area contributed by atoms with Crippen LogP contribution in [0.5, 0.6) is 0 Å². The molecule has 3 rings (SSSR count). The summed E-state index contributed by atoms with van der Waals surface area (Å²) in [6.07, 6.45) is 1.94. The lowest BCUT2D eigenvalue weighted by atomic mass is 10.1. The monoisotopic (exact) mass is 337 g/mol. The molecule has 1 amide bonds. The van der Waals surface area contributed by atoms with Gasteiger partial charge < -0.3 is 9.32 Å². The van der Waals surface area contributed by atoms with Crippen LogP contribution in [-0.2, 0) is 10.0 Å². The Bertz CT molecular complexity index is 807. The maximum atomic E-state index is 12.5. The molecule has 0 atom stereocenters. The molecule has 1 saturated heterocycles. The van der Waals surface area contributed by atoms with E-state index in [0.717, 1.165) is 0 Å². The number of carbonyl (C=O) groups excluding carboxylic acids is 1. The van der Waals surface area contributed by atoms with Crippen LogP contribution in [0.4, 0.5) is 0 Å². The van der Waals surface area contributed by atoms with Crippen molar-refractivity contribution in [2.24, 2.45) is 0 Å². The second-order valence-electron chi connectivity index (χ2n) is 5.54. The van der Waals surface area contributed by atoms with Crippen LogP contribution in [-0.4, -0.2) is 60.4 Å². The molecule has 0 saturated carbocycles. The van der Waals surface area contributed by atoms with Crippen LogP contribution in [0.1, 0.15) is 23.7 Å². The first-order valence-corrected chi connectivity index (χ1v) is 9.22. The van der Waals surface area contributed by atoms with E-state index < -0.39 is 10.0 Å². The van der Waals surface area contributed by atoms with Crippen molar-refractivity contribution >= 4 is 27.0 Å². The van der Waals surface area contributed by atoms with E-state index in [2.05, 4.69) is 4.98 Å². The molecule has 0 bridgehead atoms. The molecule has 0 spiro atoms. The maximum Gasteiger partial charge on any atom is 0.254 e. The maximum absolute atomic E-state index is 12.5. The first-order chi connectivity index (χ1) is 11.0. The van der Waals surface area contributed by atoms with Crippen molar-refractivity contribution in [3.63, 3.8) is 0 Å². The zero-order valence-corrected chi connectivity index (χ0v) is 13.8. The van der Waals surface area contributed by atoms with Gasteiger partial charge in [0.1, 0.15) is 5.52 Å². The zero-order valence-electron chi connectivity index (χ0n) is 12.9. The average molecular weight is 337 g/mol. The predicted molar refractivity (Wildman–Crippen MR) is 85.6 cm³/mol. The number of benzene rings is 1. The fourth-order valence-corrected chi connectivity index (χ4v) is 4.22. The molecule has 124 valence electrons. The number of aromatic nitrogens is 1. The Kier molecular flexibility index (Phi) is 4.36. The van der Waals surface area contributed by atoms with Crippen LogP contribution in [0.25, 0.3) is 11.1 Å². The fourth-order valence-electron chi connectivity index (χ4n) is 2.73. The molecule has 2 heterocycles. The summed E-state index contributed by atoms with van der Waals surface area (Å²) in [5, 5.41) is 0. The van der Waals surface area contributed by atoms with Crippen LogP contribution in [0.3, 0.4) is 0 Å². The molecule has 8 heteroatoms. The molecule has 0 N–H and O–H groups in total. The Morgan fingerprint density at radius 3 is 2.70 bits per heavy atom. The Labute approximate surface area is 134 Å². The lowest BCUT2D eigenvalue weighted by Gasteiger charge is -2.34. The summed E-state index contributed by atoms with van der Waals surface area (Å²) in [5.74, 6) is 0.0409. The van der Waals surface area contributed by atoms with Crippen molar-refractivity contribution < 1.29 is 17.6 Å². The predicted octanol–water partition coefficient (Wildman–Crippen LogP) is 1.33. The minimum absolute atomic E-state index is 0.115. The first-order valence-electron chi connectivity index (χ1n) is 7.61. The van der Waals surface area contributed by atoms with E-state index in [1.54, 1.807) is 23.1 Å². The molecule has 23 heavy (non-hydrogen) atoms. The molecular formula is C15H19N3O4S. The number of amides is 1. The minimum Gasteiger partial charge on any atom is -0.443 e. The molecule has 1 fully saturated rings. The van der Waals surface area contributed by atoms with Gasteiger partial charge in [-0.25, -0.2) is 13.4 Å². The van der Waals surface area contributed by atoms with E-state index in [-0.39, 0.29) is 11.7 Å². The molecule has 0 unspecified atom stereocenters. The zero-order chi connectivity index (χ0) is 16.4. The number of nitrogens with zero attached hydrogens (tertiary/aromatic N) is 3. The van der Waals surface area contributed by atoms with Crippen molar-refractivity contribution in [2.75, 3.05) is 31.9 Å². The molecular weight excluding hydrogens is 318 g/mol. The average Bonchev–Trinajstić information content (AvgIpc) is 3.02. The third-order valence-electron chi connectivity index (χ3n) is 3.96. The number of sulfonamides is 1. The number of rotatable bonds is 4. The van der Waals surface area contributed by atoms with Gasteiger partial charge >= 0.3 is 0 Å². The molecule has 1 aromatic heterocycles. The Morgan fingerprint density at radius 1 is 1.26 bits per heavy atom. The standard InChI is InChI=1S/C15H19N3O4S/c1-2-9-23(20,21)18-7-5-17(6-8-18)15(19)12-3-4-13-14(10-12)22-11-16-13/h3-4,10-11H,2,5-9H2,1H3. The van der Waals surface area contributed by atoms with Crippen LogP contribution in [0.15, 0.2) is 29.0 Å². The highest BCUT2D eigenvalue weighted by Crippen LogP contribution is 2.17. The first kappa shape index (κ1) is 15.9. The smallest absolute Gasteiger partial charge is 0.254 e. The SMILES string of the molecule is CCCS(=O)(=O)N1CCN(C(=O)c2ccc3ncoc3c2)CC1. The van der Waals surface area contributed by atoms with Crippen molar-refractivity contribution in [1.82, 2.24) is 14.2 Å². The van der Waals surface area contributed by atoms with Gasteiger partial charge in [-0.3, -0.25) is 4.79 Å². The van der Waals surface area contributed by atoms with Crippen LogP contribution >= 0.6 is 0 Å². The third-order valence-corrected chi connectivity index (χ3v) is 6.04. The third kappa shape index (κ3) is 3.23. The minimum atomic E-state index is -3.20. The highest BCUT2D eigenvalue weighted by molar-refractivity contribution is 7.89. The van der Waals surface area contributed by atoms with Gasteiger partial charge in [-0.15, -0.1) is 0 Å². The van der Waals surface area contributed by atoms with Crippen molar-refractivity contribution in [3.8, 4) is 0 Å². The normalized spacial score (nSPS) is 16.8. The van der Waals surface area contributed by atoms with Crippen LogP contribution in [0, 0.1) is 0 Å². The summed E-state index contributed by atoms with van der Waals surface area (Å²) < 4.78 is 30.8. The number of carbonyl (C=O) groups is 1. The highest BCUT2D eigenvalue weighted by atomic mass is 32.2. The second kappa shape index (κ2) is 6.29. The lowest BCUT2D eigenvalue weighted by Crippen LogP contribution is -2.51. The quantitative estimate of drug-likeness (QED) is 0.840. The largest absolute Gasteiger partial charge is 0.443 e. The number of oxazole rings is 1. The summed E-state index contributed by atoms with van der Waals surface area (Å²) in [7, 11) is -3.20. The van der Waals surface area contributed by atoms with Gasteiger partial charge in [0, 0.05) is 31.7 Å². The number of hydrogen-bond acceptors (Lipinski definition) is 5. The Hall–Kier alpha value is -1.93.